The Hall–Kier alpha value is -3.66. The molecule has 0 saturated heterocycles. The van der Waals surface area contributed by atoms with Gasteiger partial charge in [0.2, 0.25) is 5.91 Å². The molecular formula is C26H24N2O2. The van der Waals surface area contributed by atoms with Crippen LogP contribution in [0.5, 0.6) is 0 Å². The van der Waals surface area contributed by atoms with Crippen molar-refractivity contribution in [1.29, 1.82) is 0 Å². The lowest BCUT2D eigenvalue weighted by Gasteiger charge is -2.19. The lowest BCUT2D eigenvalue weighted by Crippen LogP contribution is -2.37. The van der Waals surface area contributed by atoms with Crippen molar-refractivity contribution in [2.45, 2.75) is 13.0 Å². The number of rotatable bonds is 6. The summed E-state index contributed by atoms with van der Waals surface area (Å²) >= 11 is 0. The zero-order valence-electron chi connectivity index (χ0n) is 16.9. The first kappa shape index (κ1) is 19.6. The summed E-state index contributed by atoms with van der Waals surface area (Å²) in [4.78, 5) is 18.8. The summed E-state index contributed by atoms with van der Waals surface area (Å²) in [6.07, 6.45) is 1.19. The fourth-order valence-electron chi connectivity index (χ4n) is 3.62. The van der Waals surface area contributed by atoms with Gasteiger partial charge in [0, 0.05) is 12.1 Å². The van der Waals surface area contributed by atoms with Crippen LogP contribution >= 0.6 is 0 Å². The Morgan fingerprint density at radius 2 is 1.60 bits per heavy atom. The molecule has 30 heavy (non-hydrogen) atoms. The number of hydrogen-bond acceptors (Lipinski definition) is 3. The van der Waals surface area contributed by atoms with E-state index in [-0.39, 0.29) is 5.91 Å². The third kappa shape index (κ3) is 4.03. The molecule has 0 bridgehead atoms. The molecule has 0 unspecified atom stereocenters. The van der Waals surface area contributed by atoms with E-state index in [4.69, 9.17) is 4.84 Å². The van der Waals surface area contributed by atoms with E-state index in [0.29, 0.717) is 12.3 Å². The molecule has 0 radical (unpaired) electrons. The number of oxime groups is 1. The van der Waals surface area contributed by atoms with E-state index >= 15 is 0 Å². The number of nitrogens with one attached hydrogen (secondary N) is 1. The lowest BCUT2D eigenvalue weighted by atomic mass is 9.87. The SMILES string of the molecule is C=CCNC(=O)[C@@H]1C(c2ccccc2)=NO[C@H]1c1ccc(-c2ccc(C)cc2)cc1. The minimum atomic E-state index is -0.530. The van der Waals surface area contributed by atoms with Gasteiger partial charge in [0.25, 0.3) is 0 Å². The van der Waals surface area contributed by atoms with Crippen molar-refractivity contribution in [3.05, 3.63) is 108 Å². The van der Waals surface area contributed by atoms with Crippen LogP contribution in [0.15, 0.2) is 96.7 Å². The predicted octanol–water partition coefficient (Wildman–Crippen LogP) is 5.06. The Kier molecular flexibility index (Phi) is 5.75. The van der Waals surface area contributed by atoms with Gasteiger partial charge in [0.1, 0.15) is 11.6 Å². The molecule has 150 valence electrons. The van der Waals surface area contributed by atoms with Crippen LogP contribution in [0.25, 0.3) is 11.1 Å². The number of nitrogens with zero attached hydrogens (tertiary/aromatic N) is 1. The molecule has 4 nitrogen and oxygen atoms in total. The van der Waals surface area contributed by atoms with E-state index in [1.165, 1.54) is 5.56 Å². The molecule has 2 atom stereocenters. The van der Waals surface area contributed by atoms with Crippen molar-refractivity contribution in [2.24, 2.45) is 11.1 Å². The second kappa shape index (κ2) is 8.78. The summed E-state index contributed by atoms with van der Waals surface area (Å²) in [5, 5.41) is 7.19. The van der Waals surface area contributed by atoms with Crippen molar-refractivity contribution >= 4 is 11.6 Å². The molecule has 1 aliphatic heterocycles. The second-order valence-electron chi connectivity index (χ2n) is 7.37. The van der Waals surface area contributed by atoms with Crippen LogP contribution in [0, 0.1) is 12.8 Å². The Labute approximate surface area is 176 Å². The Balaban J connectivity index is 1.62. The topological polar surface area (TPSA) is 50.7 Å². The second-order valence-corrected chi connectivity index (χ2v) is 7.37. The van der Waals surface area contributed by atoms with E-state index in [0.717, 1.165) is 22.3 Å². The zero-order valence-corrected chi connectivity index (χ0v) is 16.9. The maximum absolute atomic E-state index is 13.0. The van der Waals surface area contributed by atoms with Gasteiger partial charge >= 0.3 is 0 Å². The first-order valence-corrected chi connectivity index (χ1v) is 10.0. The first-order valence-electron chi connectivity index (χ1n) is 10.0. The van der Waals surface area contributed by atoms with Crippen LogP contribution < -0.4 is 5.32 Å². The Morgan fingerprint density at radius 3 is 2.23 bits per heavy atom. The minimum absolute atomic E-state index is 0.123. The zero-order chi connectivity index (χ0) is 20.9. The Morgan fingerprint density at radius 1 is 0.967 bits per heavy atom. The number of aryl methyl sites for hydroxylation is 1. The van der Waals surface area contributed by atoms with Crippen LogP contribution in [-0.4, -0.2) is 18.2 Å². The largest absolute Gasteiger partial charge is 0.386 e. The maximum Gasteiger partial charge on any atom is 0.233 e. The molecule has 4 rings (SSSR count). The van der Waals surface area contributed by atoms with Crippen molar-refractivity contribution in [3.8, 4) is 11.1 Å². The van der Waals surface area contributed by atoms with Crippen LogP contribution in [0.4, 0.5) is 0 Å². The molecule has 1 amide bonds. The lowest BCUT2D eigenvalue weighted by molar-refractivity contribution is -0.125. The number of carbonyl (C=O) groups excluding carboxylic acids is 1. The molecule has 0 aromatic heterocycles. The van der Waals surface area contributed by atoms with Gasteiger partial charge in [-0.25, -0.2) is 0 Å². The number of hydrogen-bond donors (Lipinski definition) is 1. The summed E-state index contributed by atoms with van der Waals surface area (Å²) in [5.74, 6) is -0.653. The van der Waals surface area contributed by atoms with Crippen molar-refractivity contribution < 1.29 is 9.63 Å². The quantitative estimate of drug-likeness (QED) is 0.593. The van der Waals surface area contributed by atoms with Gasteiger partial charge in [0.05, 0.1) is 0 Å². The molecule has 3 aromatic carbocycles. The number of amides is 1. The molecular weight excluding hydrogens is 372 g/mol. The summed E-state index contributed by atoms with van der Waals surface area (Å²) in [5.41, 5.74) is 5.95. The fraction of sp³-hybridized carbons (Fsp3) is 0.154. The third-order valence-corrected chi connectivity index (χ3v) is 5.26. The summed E-state index contributed by atoms with van der Waals surface area (Å²) < 4.78 is 0. The molecule has 1 N–H and O–H groups in total. The number of benzene rings is 3. The molecule has 4 heteroatoms. The van der Waals surface area contributed by atoms with Crippen LogP contribution in [0.3, 0.4) is 0 Å². The number of carbonyl (C=O) groups is 1. The molecule has 1 heterocycles. The highest BCUT2D eigenvalue weighted by atomic mass is 16.6. The third-order valence-electron chi connectivity index (χ3n) is 5.26. The first-order chi connectivity index (χ1) is 14.7. The van der Waals surface area contributed by atoms with Crippen LogP contribution in [-0.2, 0) is 9.63 Å². The highest BCUT2D eigenvalue weighted by molar-refractivity contribution is 6.14. The molecule has 3 aromatic rings. The van der Waals surface area contributed by atoms with Crippen LogP contribution in [0.1, 0.15) is 22.8 Å². The predicted molar refractivity (Wildman–Crippen MR) is 120 cm³/mol. The van der Waals surface area contributed by atoms with E-state index in [2.05, 4.69) is 60.4 Å². The highest BCUT2D eigenvalue weighted by Crippen LogP contribution is 2.36. The van der Waals surface area contributed by atoms with Crippen molar-refractivity contribution in [1.82, 2.24) is 5.32 Å². The molecule has 0 fully saturated rings. The smallest absolute Gasteiger partial charge is 0.233 e. The van der Waals surface area contributed by atoms with Gasteiger partial charge in [-0.2, -0.15) is 0 Å². The Bertz CT molecular complexity index is 1050. The van der Waals surface area contributed by atoms with Crippen molar-refractivity contribution in [3.63, 3.8) is 0 Å². The van der Waals surface area contributed by atoms with E-state index < -0.39 is 12.0 Å². The maximum atomic E-state index is 13.0. The van der Waals surface area contributed by atoms with Gasteiger partial charge < -0.3 is 10.2 Å². The van der Waals surface area contributed by atoms with E-state index in [1.807, 2.05) is 42.5 Å². The minimum Gasteiger partial charge on any atom is -0.386 e. The normalized spacial score (nSPS) is 17.7. The van der Waals surface area contributed by atoms with Gasteiger partial charge in [-0.3, -0.25) is 4.79 Å². The van der Waals surface area contributed by atoms with Gasteiger partial charge in [-0.15, -0.1) is 6.58 Å². The summed E-state index contributed by atoms with van der Waals surface area (Å²) in [7, 11) is 0. The van der Waals surface area contributed by atoms with Gasteiger partial charge in [-0.1, -0.05) is 95.7 Å². The van der Waals surface area contributed by atoms with Gasteiger partial charge in [-0.05, 0) is 23.6 Å². The van der Waals surface area contributed by atoms with Gasteiger partial charge in [0.15, 0.2) is 6.10 Å². The monoisotopic (exact) mass is 396 g/mol. The molecule has 0 saturated carbocycles. The summed E-state index contributed by atoms with van der Waals surface area (Å²) in [6, 6.07) is 26.2. The van der Waals surface area contributed by atoms with E-state index in [9.17, 15) is 4.79 Å². The van der Waals surface area contributed by atoms with Crippen LogP contribution in [0.2, 0.25) is 0 Å². The average Bonchev–Trinajstić information content (AvgIpc) is 3.24. The molecule has 0 aliphatic carbocycles. The van der Waals surface area contributed by atoms with Crippen molar-refractivity contribution in [2.75, 3.05) is 6.54 Å². The van der Waals surface area contributed by atoms with E-state index in [1.54, 1.807) is 6.08 Å². The summed E-state index contributed by atoms with van der Waals surface area (Å²) in [6.45, 7) is 6.16. The standard InChI is InChI=1S/C26H24N2O2/c1-3-17-27-26(29)23-24(21-7-5-4-6-8-21)28-30-25(23)22-15-13-20(14-16-22)19-11-9-18(2)10-12-19/h3-16,23,25H,1,17H2,2H3,(H,27,29)/t23-,25+/m1/s1. The average molecular weight is 396 g/mol. The highest BCUT2D eigenvalue weighted by Gasteiger charge is 2.41. The molecule has 1 aliphatic rings. The fourth-order valence-corrected chi connectivity index (χ4v) is 3.62. The molecule has 0 spiro atoms.